The van der Waals surface area contributed by atoms with Crippen LogP contribution in [0, 0.1) is 0 Å². The number of nitrogen functional groups attached to an aromatic ring is 1. The Hall–Kier alpha value is -4.31. The predicted octanol–water partition coefficient (Wildman–Crippen LogP) is 2.99. The zero-order valence-electron chi connectivity index (χ0n) is 18.3. The lowest BCUT2D eigenvalue weighted by atomic mass is 10.1. The highest BCUT2D eigenvalue weighted by molar-refractivity contribution is 6.35. The average molecular weight is 487 g/mol. The highest BCUT2D eigenvalue weighted by Crippen LogP contribution is 2.37. The molecule has 4 heterocycles. The van der Waals surface area contributed by atoms with Gasteiger partial charge in [0.1, 0.15) is 17.0 Å². The van der Waals surface area contributed by atoms with Crippen molar-refractivity contribution in [2.45, 2.75) is 18.9 Å². The van der Waals surface area contributed by atoms with Gasteiger partial charge in [0.25, 0.3) is 11.1 Å². The molecule has 0 amide bonds. The third-order valence-electron chi connectivity index (χ3n) is 6.21. The minimum atomic E-state index is -0.460. The van der Waals surface area contributed by atoms with Gasteiger partial charge in [0.05, 0.1) is 34.0 Å². The summed E-state index contributed by atoms with van der Waals surface area (Å²) in [5, 5.41) is 0.932. The molecule has 6 rings (SSSR count). The van der Waals surface area contributed by atoms with Gasteiger partial charge < -0.3 is 15.6 Å². The smallest absolute Gasteiger partial charge is 0.285 e. The van der Waals surface area contributed by atoms with Crippen molar-refractivity contribution in [2.24, 2.45) is 0 Å². The van der Waals surface area contributed by atoms with Crippen molar-refractivity contribution in [1.29, 1.82) is 0 Å². The lowest BCUT2D eigenvalue weighted by molar-refractivity contribution is 0.634. The molecule has 1 fully saturated rings. The second kappa shape index (κ2) is 8.17. The molecule has 11 heteroatoms. The van der Waals surface area contributed by atoms with Crippen molar-refractivity contribution >= 4 is 45.3 Å². The van der Waals surface area contributed by atoms with Crippen LogP contribution in [-0.2, 0) is 0 Å². The molecule has 174 valence electrons. The lowest BCUT2D eigenvalue weighted by Crippen LogP contribution is -2.33. The molecule has 0 aliphatic carbocycles. The van der Waals surface area contributed by atoms with E-state index in [9.17, 15) is 9.59 Å². The number of anilines is 2. The van der Waals surface area contributed by atoms with Gasteiger partial charge in [-0.05, 0) is 37.1 Å². The molecule has 1 aliphatic heterocycles. The monoisotopic (exact) mass is 486 g/mol. The summed E-state index contributed by atoms with van der Waals surface area (Å²) in [7, 11) is 0. The highest BCUT2D eigenvalue weighted by atomic mass is 35.5. The van der Waals surface area contributed by atoms with E-state index in [4.69, 9.17) is 22.3 Å². The largest absolute Gasteiger partial charge is 0.368 e. The van der Waals surface area contributed by atoms with E-state index in [2.05, 4.69) is 19.9 Å². The first-order valence-electron chi connectivity index (χ1n) is 11.1. The van der Waals surface area contributed by atoms with Crippen molar-refractivity contribution in [3.63, 3.8) is 0 Å². The van der Waals surface area contributed by atoms with E-state index in [-0.39, 0.29) is 22.9 Å². The molecule has 0 radical (unpaired) electrons. The predicted molar refractivity (Wildman–Crippen MR) is 134 cm³/mol. The fourth-order valence-corrected chi connectivity index (χ4v) is 4.99. The van der Waals surface area contributed by atoms with Crippen LogP contribution in [0.3, 0.4) is 0 Å². The van der Waals surface area contributed by atoms with Crippen LogP contribution in [0.2, 0.25) is 5.02 Å². The number of nitrogens with one attached hydrogen (secondary N) is 1. The van der Waals surface area contributed by atoms with E-state index in [1.165, 1.54) is 6.33 Å². The van der Waals surface area contributed by atoms with E-state index in [0.29, 0.717) is 51.9 Å². The number of hydrogen-bond acceptors (Lipinski definition) is 8. The third-order valence-corrected chi connectivity index (χ3v) is 6.53. The van der Waals surface area contributed by atoms with Crippen LogP contribution in [0.4, 0.5) is 11.8 Å². The number of nitrogens with two attached hydrogens (primary N) is 1. The SMILES string of the molecule is Nc1nc(N2CCCC2c2nc3cccc(Cl)c3c(=O)n2-c2ccccc2)c2c(=O)nc[nH]c2n1. The van der Waals surface area contributed by atoms with Gasteiger partial charge in [-0.3, -0.25) is 14.2 Å². The maximum atomic E-state index is 13.8. The second-order valence-electron chi connectivity index (χ2n) is 8.27. The van der Waals surface area contributed by atoms with Gasteiger partial charge in [-0.2, -0.15) is 15.0 Å². The number of halogens is 1. The molecule has 0 bridgehead atoms. The van der Waals surface area contributed by atoms with Crippen molar-refractivity contribution in [3.05, 3.63) is 86.4 Å². The molecule has 3 aromatic heterocycles. The van der Waals surface area contributed by atoms with E-state index < -0.39 is 5.56 Å². The summed E-state index contributed by atoms with van der Waals surface area (Å²) >= 11 is 6.42. The molecule has 5 aromatic rings. The molecular formula is C24H19ClN8O2. The molecule has 10 nitrogen and oxygen atoms in total. The van der Waals surface area contributed by atoms with Crippen molar-refractivity contribution in [3.8, 4) is 5.69 Å². The Balaban J connectivity index is 1.64. The van der Waals surface area contributed by atoms with Gasteiger partial charge in [-0.25, -0.2) is 4.98 Å². The van der Waals surface area contributed by atoms with Gasteiger partial charge in [-0.1, -0.05) is 35.9 Å². The Morgan fingerprint density at radius 1 is 1.00 bits per heavy atom. The Labute approximate surface area is 203 Å². The Morgan fingerprint density at radius 3 is 2.66 bits per heavy atom. The molecule has 3 N–H and O–H groups in total. The Bertz CT molecular complexity index is 1720. The number of benzene rings is 2. The van der Waals surface area contributed by atoms with Crippen LogP contribution >= 0.6 is 11.6 Å². The van der Waals surface area contributed by atoms with Gasteiger partial charge in [0.15, 0.2) is 5.65 Å². The number of hydrogen-bond donors (Lipinski definition) is 2. The van der Waals surface area contributed by atoms with E-state index >= 15 is 0 Å². The summed E-state index contributed by atoms with van der Waals surface area (Å²) < 4.78 is 1.59. The lowest BCUT2D eigenvalue weighted by Gasteiger charge is -2.28. The Morgan fingerprint density at radius 2 is 1.83 bits per heavy atom. The van der Waals surface area contributed by atoms with Crippen LogP contribution < -0.4 is 21.8 Å². The number of aromatic amines is 1. The first-order chi connectivity index (χ1) is 17.0. The molecule has 0 spiro atoms. The van der Waals surface area contributed by atoms with Gasteiger partial charge in [-0.15, -0.1) is 0 Å². The zero-order chi connectivity index (χ0) is 24.1. The summed E-state index contributed by atoms with van der Waals surface area (Å²) in [6.07, 6.45) is 2.77. The first-order valence-corrected chi connectivity index (χ1v) is 11.4. The number of H-pyrrole nitrogens is 1. The van der Waals surface area contributed by atoms with Crippen LogP contribution in [-0.4, -0.2) is 36.0 Å². The van der Waals surface area contributed by atoms with E-state index in [1.54, 1.807) is 22.8 Å². The third kappa shape index (κ3) is 3.41. The van der Waals surface area contributed by atoms with E-state index in [1.807, 2.05) is 35.2 Å². The van der Waals surface area contributed by atoms with Crippen LogP contribution in [0.5, 0.6) is 0 Å². The maximum Gasteiger partial charge on any atom is 0.285 e. The number of aromatic nitrogens is 6. The molecule has 0 saturated carbocycles. The molecule has 1 unspecified atom stereocenters. The van der Waals surface area contributed by atoms with Gasteiger partial charge in [0.2, 0.25) is 5.95 Å². The van der Waals surface area contributed by atoms with Crippen LogP contribution in [0.15, 0.2) is 64.4 Å². The summed E-state index contributed by atoms with van der Waals surface area (Å²) in [6, 6.07) is 14.2. The van der Waals surface area contributed by atoms with Gasteiger partial charge in [0, 0.05) is 6.54 Å². The maximum absolute atomic E-state index is 13.8. The fraction of sp³-hybridized carbons (Fsp3) is 0.167. The molecule has 2 aromatic carbocycles. The standard InChI is InChI=1S/C24H19ClN8O2/c25-14-8-4-9-15-17(14)23(35)33(13-6-2-1-3-7-13)20(29-15)16-10-5-11-32(16)21-18-19(30-24(26)31-21)27-12-28-22(18)34/h1-4,6-9,12,16H,5,10-11H2,(H3,26,27,28,30,31,34). The zero-order valence-corrected chi connectivity index (χ0v) is 19.1. The fourth-order valence-electron chi connectivity index (χ4n) is 4.74. The van der Waals surface area contributed by atoms with Crippen molar-refractivity contribution < 1.29 is 0 Å². The molecule has 1 atom stereocenters. The first kappa shape index (κ1) is 21.2. The summed E-state index contributed by atoms with van der Waals surface area (Å²) in [5.41, 5.74) is 6.73. The number of para-hydroxylation sites is 1. The number of fused-ring (bicyclic) bond motifs is 2. The minimum absolute atomic E-state index is 0.0266. The van der Waals surface area contributed by atoms with Crippen molar-refractivity contribution in [2.75, 3.05) is 17.2 Å². The van der Waals surface area contributed by atoms with Gasteiger partial charge >= 0.3 is 0 Å². The minimum Gasteiger partial charge on any atom is -0.368 e. The quantitative estimate of drug-likeness (QED) is 0.397. The molecule has 35 heavy (non-hydrogen) atoms. The van der Waals surface area contributed by atoms with Crippen molar-refractivity contribution in [1.82, 2.24) is 29.5 Å². The highest BCUT2D eigenvalue weighted by Gasteiger charge is 2.34. The van der Waals surface area contributed by atoms with Crippen LogP contribution in [0.1, 0.15) is 24.7 Å². The topological polar surface area (TPSA) is 136 Å². The average Bonchev–Trinajstić information content (AvgIpc) is 3.33. The second-order valence-corrected chi connectivity index (χ2v) is 8.68. The molecule has 1 saturated heterocycles. The summed E-state index contributed by atoms with van der Waals surface area (Å²) in [4.78, 5) is 48.7. The normalized spacial score (nSPS) is 15.8. The van der Waals surface area contributed by atoms with Crippen LogP contribution in [0.25, 0.3) is 27.6 Å². The summed E-state index contributed by atoms with van der Waals surface area (Å²) in [5.74, 6) is 0.919. The molecule has 1 aliphatic rings. The number of rotatable bonds is 3. The van der Waals surface area contributed by atoms with E-state index in [0.717, 1.165) is 6.42 Å². The Kier molecular flexibility index (Phi) is 4.96. The number of nitrogens with zero attached hydrogens (tertiary/aromatic N) is 6. The summed E-state index contributed by atoms with van der Waals surface area (Å²) in [6.45, 7) is 0.586. The molecular weight excluding hydrogens is 468 g/mol.